The van der Waals surface area contributed by atoms with Crippen LogP contribution in [0.5, 0.6) is 11.5 Å². The topological polar surface area (TPSA) is 29.5 Å². The molecule has 0 aliphatic rings. The lowest BCUT2D eigenvalue weighted by molar-refractivity contribution is 0.281. The number of aliphatic hydroxyl groups is 1. The molecule has 0 saturated carbocycles. The predicted octanol–water partition coefficient (Wildman–Crippen LogP) is 4.24. The van der Waals surface area contributed by atoms with Gasteiger partial charge in [-0.2, -0.15) is 0 Å². The number of ether oxygens (including phenoxy) is 1. The summed E-state index contributed by atoms with van der Waals surface area (Å²) >= 11 is 6.11. The molecule has 2 nitrogen and oxygen atoms in total. The van der Waals surface area contributed by atoms with E-state index < -0.39 is 0 Å². The Kier molecular flexibility index (Phi) is 3.90. The minimum Gasteiger partial charge on any atom is -0.456 e. The van der Waals surface area contributed by atoms with Crippen molar-refractivity contribution in [2.45, 2.75) is 20.5 Å². The monoisotopic (exact) mass is 262 g/mol. The fourth-order valence-electron chi connectivity index (χ4n) is 1.76. The van der Waals surface area contributed by atoms with Crippen LogP contribution in [-0.4, -0.2) is 5.11 Å². The van der Waals surface area contributed by atoms with Gasteiger partial charge in [0, 0.05) is 0 Å². The van der Waals surface area contributed by atoms with E-state index in [-0.39, 0.29) is 6.61 Å². The van der Waals surface area contributed by atoms with Crippen molar-refractivity contribution >= 4 is 11.6 Å². The summed E-state index contributed by atoms with van der Waals surface area (Å²) in [5, 5.41) is 9.52. The molecule has 2 rings (SSSR count). The van der Waals surface area contributed by atoms with Crippen LogP contribution in [0.4, 0.5) is 0 Å². The van der Waals surface area contributed by atoms with E-state index >= 15 is 0 Å². The van der Waals surface area contributed by atoms with Crippen LogP contribution in [0.1, 0.15) is 16.7 Å². The van der Waals surface area contributed by atoms with Crippen molar-refractivity contribution in [1.82, 2.24) is 0 Å². The van der Waals surface area contributed by atoms with Crippen LogP contribution in [0.25, 0.3) is 0 Å². The molecule has 2 aromatic carbocycles. The molecule has 0 saturated heterocycles. The Morgan fingerprint density at radius 1 is 1.06 bits per heavy atom. The zero-order valence-electron chi connectivity index (χ0n) is 10.4. The number of hydrogen-bond donors (Lipinski definition) is 1. The second-order valence-electron chi connectivity index (χ2n) is 4.29. The van der Waals surface area contributed by atoms with E-state index in [0.29, 0.717) is 10.8 Å². The highest BCUT2D eigenvalue weighted by Crippen LogP contribution is 2.32. The summed E-state index contributed by atoms with van der Waals surface area (Å²) in [4.78, 5) is 0. The van der Waals surface area contributed by atoms with Gasteiger partial charge in [0.15, 0.2) is 0 Å². The fraction of sp³-hybridized carbons (Fsp3) is 0.200. The van der Waals surface area contributed by atoms with E-state index in [1.54, 1.807) is 18.2 Å². The van der Waals surface area contributed by atoms with Gasteiger partial charge in [0.1, 0.15) is 11.5 Å². The van der Waals surface area contributed by atoms with E-state index in [0.717, 1.165) is 16.9 Å². The molecule has 0 atom stereocenters. The van der Waals surface area contributed by atoms with E-state index in [1.165, 1.54) is 5.56 Å². The average molecular weight is 263 g/mol. The lowest BCUT2D eigenvalue weighted by atomic mass is 10.1. The lowest BCUT2D eigenvalue weighted by Crippen LogP contribution is -1.90. The van der Waals surface area contributed by atoms with Crippen molar-refractivity contribution in [3.05, 3.63) is 58.1 Å². The molecule has 0 heterocycles. The van der Waals surface area contributed by atoms with Gasteiger partial charge in [0.2, 0.25) is 0 Å². The van der Waals surface area contributed by atoms with Crippen LogP contribution in [0.3, 0.4) is 0 Å². The first-order valence-electron chi connectivity index (χ1n) is 5.74. The zero-order valence-corrected chi connectivity index (χ0v) is 11.2. The van der Waals surface area contributed by atoms with Crippen molar-refractivity contribution in [3.8, 4) is 11.5 Å². The third-order valence-electron chi connectivity index (χ3n) is 2.73. The van der Waals surface area contributed by atoms with E-state index in [2.05, 4.69) is 6.07 Å². The Morgan fingerprint density at radius 2 is 1.78 bits per heavy atom. The molecular formula is C15H15ClO2. The van der Waals surface area contributed by atoms with Gasteiger partial charge >= 0.3 is 0 Å². The first-order chi connectivity index (χ1) is 8.60. The van der Waals surface area contributed by atoms with Gasteiger partial charge in [-0.15, -0.1) is 0 Å². The molecule has 0 bridgehead atoms. The molecule has 94 valence electrons. The van der Waals surface area contributed by atoms with Crippen LogP contribution < -0.4 is 4.74 Å². The summed E-state index contributed by atoms with van der Waals surface area (Å²) < 4.78 is 5.78. The molecule has 18 heavy (non-hydrogen) atoms. The first-order valence-corrected chi connectivity index (χ1v) is 6.12. The van der Waals surface area contributed by atoms with Crippen molar-refractivity contribution in [2.75, 3.05) is 0 Å². The highest BCUT2D eigenvalue weighted by Gasteiger charge is 2.06. The summed E-state index contributed by atoms with van der Waals surface area (Å²) in [6.45, 7) is 4.02. The maximum Gasteiger partial charge on any atom is 0.146 e. The minimum atomic E-state index is -0.0242. The number of rotatable bonds is 3. The molecule has 2 aromatic rings. The molecular weight excluding hydrogens is 248 g/mol. The molecule has 1 N–H and O–H groups in total. The first kappa shape index (κ1) is 12.9. The number of aliphatic hydroxyl groups excluding tert-OH is 1. The highest BCUT2D eigenvalue weighted by molar-refractivity contribution is 6.32. The molecule has 0 radical (unpaired) electrons. The number of aryl methyl sites for hydroxylation is 2. The van der Waals surface area contributed by atoms with Crippen molar-refractivity contribution in [1.29, 1.82) is 0 Å². The van der Waals surface area contributed by atoms with Crippen molar-refractivity contribution in [3.63, 3.8) is 0 Å². The second-order valence-corrected chi connectivity index (χ2v) is 4.70. The van der Waals surface area contributed by atoms with Gasteiger partial charge in [-0.1, -0.05) is 35.4 Å². The van der Waals surface area contributed by atoms with Gasteiger partial charge in [-0.25, -0.2) is 0 Å². The number of hydrogen-bond acceptors (Lipinski definition) is 2. The molecule has 0 amide bonds. The van der Waals surface area contributed by atoms with E-state index in [4.69, 9.17) is 21.4 Å². The molecule has 0 unspecified atom stereocenters. The maximum absolute atomic E-state index is 9.02. The smallest absolute Gasteiger partial charge is 0.146 e. The van der Waals surface area contributed by atoms with Gasteiger partial charge in [0.25, 0.3) is 0 Å². The Balaban J connectivity index is 2.28. The Morgan fingerprint density at radius 3 is 2.39 bits per heavy atom. The SMILES string of the molecule is Cc1ccc(Oc2ccc(CO)cc2Cl)c(C)c1. The predicted molar refractivity (Wildman–Crippen MR) is 73.4 cm³/mol. The van der Waals surface area contributed by atoms with Gasteiger partial charge in [-0.05, 0) is 43.2 Å². The largest absolute Gasteiger partial charge is 0.456 e. The standard InChI is InChI=1S/C15H15ClO2/c1-10-3-5-14(11(2)7-10)18-15-6-4-12(9-17)8-13(15)16/h3-8,17H,9H2,1-2H3. The quantitative estimate of drug-likeness (QED) is 0.896. The molecule has 0 aliphatic heterocycles. The van der Waals surface area contributed by atoms with Crippen LogP contribution in [0.15, 0.2) is 36.4 Å². The summed E-state index contributed by atoms with van der Waals surface area (Å²) in [6, 6.07) is 11.3. The average Bonchev–Trinajstić information content (AvgIpc) is 2.34. The molecule has 0 aliphatic carbocycles. The van der Waals surface area contributed by atoms with E-state index in [1.807, 2.05) is 26.0 Å². The van der Waals surface area contributed by atoms with Crippen molar-refractivity contribution in [2.24, 2.45) is 0 Å². The summed E-state index contributed by atoms with van der Waals surface area (Å²) in [6.07, 6.45) is 0. The van der Waals surface area contributed by atoms with Crippen LogP contribution in [-0.2, 0) is 6.61 Å². The summed E-state index contributed by atoms with van der Waals surface area (Å²) in [7, 11) is 0. The zero-order chi connectivity index (χ0) is 13.1. The lowest BCUT2D eigenvalue weighted by Gasteiger charge is -2.11. The summed E-state index contributed by atoms with van der Waals surface area (Å²) in [5.41, 5.74) is 3.03. The number of benzene rings is 2. The van der Waals surface area contributed by atoms with Crippen LogP contribution in [0, 0.1) is 13.8 Å². The second kappa shape index (κ2) is 5.42. The van der Waals surface area contributed by atoms with Gasteiger partial charge < -0.3 is 9.84 Å². The fourth-order valence-corrected chi connectivity index (χ4v) is 2.00. The Labute approximate surface area is 112 Å². The maximum atomic E-state index is 9.02. The number of halogens is 1. The van der Waals surface area contributed by atoms with Crippen molar-refractivity contribution < 1.29 is 9.84 Å². The third kappa shape index (κ3) is 2.84. The summed E-state index contributed by atoms with van der Waals surface area (Å²) in [5.74, 6) is 1.39. The minimum absolute atomic E-state index is 0.0242. The Bertz CT molecular complexity index is 564. The molecule has 0 spiro atoms. The third-order valence-corrected chi connectivity index (χ3v) is 3.02. The van der Waals surface area contributed by atoms with Gasteiger partial charge in [0.05, 0.1) is 11.6 Å². The highest BCUT2D eigenvalue weighted by atomic mass is 35.5. The molecule has 0 fully saturated rings. The molecule has 0 aromatic heterocycles. The molecule has 3 heteroatoms. The van der Waals surface area contributed by atoms with Crippen LogP contribution >= 0.6 is 11.6 Å². The van der Waals surface area contributed by atoms with Gasteiger partial charge in [-0.3, -0.25) is 0 Å². The normalized spacial score (nSPS) is 10.4. The van der Waals surface area contributed by atoms with E-state index in [9.17, 15) is 0 Å². The van der Waals surface area contributed by atoms with Crippen LogP contribution in [0.2, 0.25) is 5.02 Å². The Hall–Kier alpha value is -1.51.